The maximum atomic E-state index is 11.8. The summed E-state index contributed by atoms with van der Waals surface area (Å²) in [6.45, 7) is 0.403. The molecule has 0 saturated carbocycles. The first-order chi connectivity index (χ1) is 8.56. The summed E-state index contributed by atoms with van der Waals surface area (Å²) >= 11 is 11.8. The molecule has 1 amide bonds. The van der Waals surface area contributed by atoms with Gasteiger partial charge in [-0.05, 0) is 24.1 Å². The average molecular weight is 290 g/mol. The maximum Gasteiger partial charge on any atom is 0.246 e. The van der Waals surface area contributed by atoms with Crippen molar-refractivity contribution in [2.24, 2.45) is 0 Å². The van der Waals surface area contributed by atoms with E-state index in [1.807, 2.05) is 0 Å². The van der Waals surface area contributed by atoms with Crippen LogP contribution < -0.4 is 0 Å². The van der Waals surface area contributed by atoms with Crippen LogP contribution in [0.2, 0.25) is 10.0 Å². The van der Waals surface area contributed by atoms with E-state index in [1.165, 1.54) is 5.06 Å². The zero-order chi connectivity index (χ0) is 13.1. The highest BCUT2D eigenvalue weighted by molar-refractivity contribution is 6.35. The Balaban J connectivity index is 1.89. The second-order valence-electron chi connectivity index (χ2n) is 4.14. The fourth-order valence-electron chi connectivity index (χ4n) is 1.74. The number of halogens is 2. The number of aliphatic hydroxyl groups excluding tert-OH is 1. The molecule has 0 aliphatic carbocycles. The summed E-state index contributed by atoms with van der Waals surface area (Å²) in [6, 6.07) is 5.19. The Morgan fingerprint density at radius 1 is 1.50 bits per heavy atom. The molecule has 98 valence electrons. The van der Waals surface area contributed by atoms with Gasteiger partial charge in [-0.25, -0.2) is 5.06 Å². The van der Waals surface area contributed by atoms with Crippen LogP contribution in [-0.4, -0.2) is 35.3 Å². The monoisotopic (exact) mass is 289 g/mol. The van der Waals surface area contributed by atoms with Gasteiger partial charge in [0.15, 0.2) is 0 Å². The Bertz CT molecular complexity index is 453. The number of β-amino-alcohol motifs (C(OH)–C–C–N with tert-alkyl or cyclic N) is 1. The van der Waals surface area contributed by atoms with Crippen LogP contribution in [0.1, 0.15) is 12.0 Å². The number of carbonyl (C=O) groups is 1. The van der Waals surface area contributed by atoms with Crippen molar-refractivity contribution in [1.29, 1.82) is 0 Å². The van der Waals surface area contributed by atoms with Crippen LogP contribution >= 0.6 is 23.2 Å². The molecule has 1 unspecified atom stereocenters. The van der Waals surface area contributed by atoms with Gasteiger partial charge < -0.3 is 5.11 Å². The topological polar surface area (TPSA) is 49.8 Å². The molecule has 0 aromatic heterocycles. The molecule has 2 rings (SSSR count). The lowest BCUT2D eigenvalue weighted by Gasteiger charge is -2.13. The molecule has 18 heavy (non-hydrogen) atoms. The lowest BCUT2D eigenvalue weighted by atomic mass is 10.1. The molecular weight excluding hydrogens is 277 g/mol. The summed E-state index contributed by atoms with van der Waals surface area (Å²) in [5, 5.41) is 11.6. The predicted octanol–water partition coefficient (Wildman–Crippen LogP) is 2.06. The van der Waals surface area contributed by atoms with Crippen LogP contribution in [0.25, 0.3) is 0 Å². The van der Waals surface area contributed by atoms with Crippen molar-refractivity contribution in [2.45, 2.75) is 18.9 Å². The molecule has 1 heterocycles. The quantitative estimate of drug-likeness (QED) is 0.927. The maximum absolute atomic E-state index is 11.8. The third-order valence-corrected chi connectivity index (χ3v) is 3.29. The molecule has 0 bridgehead atoms. The molecule has 4 nitrogen and oxygen atoms in total. The van der Waals surface area contributed by atoms with E-state index in [0.29, 0.717) is 16.5 Å². The lowest BCUT2D eigenvalue weighted by molar-refractivity contribution is -0.168. The number of hydrogen-bond acceptors (Lipinski definition) is 3. The van der Waals surface area contributed by atoms with E-state index in [4.69, 9.17) is 28.0 Å². The van der Waals surface area contributed by atoms with Crippen molar-refractivity contribution in [3.63, 3.8) is 0 Å². The summed E-state index contributed by atoms with van der Waals surface area (Å²) in [7, 11) is 0. The molecule has 1 saturated heterocycles. The minimum Gasteiger partial charge on any atom is -0.389 e. The zero-order valence-corrected chi connectivity index (χ0v) is 11.1. The summed E-state index contributed by atoms with van der Waals surface area (Å²) in [6.07, 6.45) is 0.215. The smallest absolute Gasteiger partial charge is 0.246 e. The second kappa shape index (κ2) is 5.89. The van der Waals surface area contributed by atoms with E-state index in [-0.39, 0.29) is 25.5 Å². The number of amides is 1. The molecular formula is C12H13Cl2NO3. The van der Waals surface area contributed by atoms with Gasteiger partial charge in [0.1, 0.15) is 6.61 Å². The van der Waals surface area contributed by atoms with Gasteiger partial charge in [-0.3, -0.25) is 9.63 Å². The van der Waals surface area contributed by atoms with Crippen LogP contribution in [0.15, 0.2) is 18.2 Å². The fraction of sp³-hybridized carbons (Fsp3) is 0.417. The molecule has 1 aromatic carbocycles. The molecule has 1 aliphatic heterocycles. The van der Waals surface area contributed by atoms with E-state index in [0.717, 1.165) is 5.56 Å². The number of rotatable bonds is 3. The summed E-state index contributed by atoms with van der Waals surface area (Å²) in [4.78, 5) is 16.8. The molecule has 0 radical (unpaired) electrons. The van der Waals surface area contributed by atoms with Crippen LogP contribution in [0.5, 0.6) is 0 Å². The SMILES string of the molecule is O=C(CCc1ccc(Cl)cc1Cl)N1CC(O)CO1. The molecule has 1 N–H and O–H groups in total. The van der Waals surface area contributed by atoms with Crippen molar-refractivity contribution in [3.8, 4) is 0 Å². The van der Waals surface area contributed by atoms with E-state index in [9.17, 15) is 9.90 Å². The first kappa shape index (κ1) is 13.6. The van der Waals surface area contributed by atoms with E-state index >= 15 is 0 Å². The number of nitrogens with zero attached hydrogens (tertiary/aromatic N) is 1. The number of hydrogen-bond donors (Lipinski definition) is 1. The van der Waals surface area contributed by atoms with Crippen LogP contribution in [0, 0.1) is 0 Å². The number of aliphatic hydroxyl groups is 1. The molecule has 1 aromatic rings. The van der Waals surface area contributed by atoms with E-state index in [2.05, 4.69) is 0 Å². The lowest BCUT2D eigenvalue weighted by Crippen LogP contribution is -2.28. The number of aryl methyl sites for hydroxylation is 1. The van der Waals surface area contributed by atoms with Crippen molar-refractivity contribution in [3.05, 3.63) is 33.8 Å². The second-order valence-corrected chi connectivity index (χ2v) is 4.98. The van der Waals surface area contributed by atoms with E-state index in [1.54, 1.807) is 18.2 Å². The van der Waals surface area contributed by atoms with Crippen LogP contribution in [0.3, 0.4) is 0 Å². The number of hydroxylamine groups is 2. The molecule has 1 fully saturated rings. The van der Waals surface area contributed by atoms with Crippen molar-refractivity contribution in [2.75, 3.05) is 13.2 Å². The zero-order valence-electron chi connectivity index (χ0n) is 9.60. The third-order valence-electron chi connectivity index (χ3n) is 2.70. The molecule has 1 atom stereocenters. The highest BCUT2D eigenvalue weighted by Gasteiger charge is 2.25. The van der Waals surface area contributed by atoms with Gasteiger partial charge in [-0.2, -0.15) is 0 Å². The average Bonchev–Trinajstić information content (AvgIpc) is 2.74. The van der Waals surface area contributed by atoms with Crippen molar-refractivity contribution >= 4 is 29.1 Å². The largest absolute Gasteiger partial charge is 0.389 e. The van der Waals surface area contributed by atoms with Gasteiger partial charge in [0.25, 0.3) is 0 Å². The molecule has 0 spiro atoms. The Morgan fingerprint density at radius 3 is 2.89 bits per heavy atom. The van der Waals surface area contributed by atoms with Gasteiger partial charge in [-0.1, -0.05) is 29.3 Å². The van der Waals surface area contributed by atoms with Crippen molar-refractivity contribution in [1.82, 2.24) is 5.06 Å². The number of benzene rings is 1. The highest BCUT2D eigenvalue weighted by Crippen LogP contribution is 2.22. The summed E-state index contributed by atoms with van der Waals surface area (Å²) < 4.78 is 0. The Hall–Kier alpha value is -0.810. The Morgan fingerprint density at radius 2 is 2.28 bits per heavy atom. The van der Waals surface area contributed by atoms with Crippen LogP contribution in [-0.2, 0) is 16.1 Å². The van der Waals surface area contributed by atoms with Crippen molar-refractivity contribution < 1.29 is 14.7 Å². The van der Waals surface area contributed by atoms with Crippen LogP contribution in [0.4, 0.5) is 0 Å². The molecule has 1 aliphatic rings. The highest BCUT2D eigenvalue weighted by atomic mass is 35.5. The predicted molar refractivity (Wildman–Crippen MR) is 68.5 cm³/mol. The van der Waals surface area contributed by atoms with Gasteiger partial charge >= 0.3 is 0 Å². The van der Waals surface area contributed by atoms with Gasteiger partial charge in [-0.15, -0.1) is 0 Å². The summed E-state index contributed by atoms with van der Waals surface area (Å²) in [5.41, 5.74) is 0.870. The van der Waals surface area contributed by atoms with E-state index < -0.39 is 6.10 Å². The standard InChI is InChI=1S/C12H13Cl2NO3/c13-9-3-1-8(11(14)5-9)2-4-12(17)15-6-10(16)7-18-15/h1,3,5,10,16H,2,4,6-7H2. The normalized spacial score (nSPS) is 19.3. The minimum absolute atomic E-state index is 0.155. The van der Waals surface area contributed by atoms with Gasteiger partial charge in [0.05, 0.1) is 12.6 Å². The third kappa shape index (κ3) is 3.36. The fourth-order valence-corrected chi connectivity index (χ4v) is 2.24. The first-order valence-electron chi connectivity index (χ1n) is 5.61. The Kier molecular flexibility index (Phi) is 4.45. The number of carbonyl (C=O) groups excluding carboxylic acids is 1. The van der Waals surface area contributed by atoms with Gasteiger partial charge in [0.2, 0.25) is 5.91 Å². The minimum atomic E-state index is -0.590. The Labute approximate surface area is 115 Å². The summed E-state index contributed by atoms with van der Waals surface area (Å²) in [5.74, 6) is -0.155. The first-order valence-corrected chi connectivity index (χ1v) is 6.37. The van der Waals surface area contributed by atoms with Gasteiger partial charge in [0, 0.05) is 16.5 Å². The molecule has 6 heteroatoms.